The number of cyclic esters (lactones) is 1. The van der Waals surface area contributed by atoms with Crippen LogP contribution in [0.15, 0.2) is 18.2 Å². The number of methoxy groups -OCH3 is 1. The number of carbonyl (C=O) groups excluding carboxylic acids is 3. The van der Waals surface area contributed by atoms with Crippen LogP contribution in [0.2, 0.25) is 0 Å². The molecule has 1 unspecified atom stereocenters. The Balaban J connectivity index is 1.80. The molecule has 3 rings (SSSR count). The number of carbonyl (C=O) groups is 3. The molecule has 6 nitrogen and oxygen atoms in total. The fourth-order valence-corrected chi connectivity index (χ4v) is 3.59. The summed E-state index contributed by atoms with van der Waals surface area (Å²) in [5, 5.41) is 2.79. The standard InChI is InChI=1S/C19H23NO5/c1-24-18(22)15-8-13-6-5-12(9-16(13)17(21)10-15)14-4-2-3-7-25-19(23)20-11-14/h5-6,9,14-15H,2-4,7-8,10-11H2,1H3,(H,20,23)/t14-,15?/m1/s1. The summed E-state index contributed by atoms with van der Waals surface area (Å²) < 4.78 is 9.83. The lowest BCUT2D eigenvalue weighted by Crippen LogP contribution is -2.29. The lowest BCUT2D eigenvalue weighted by molar-refractivity contribution is -0.145. The van der Waals surface area contributed by atoms with Crippen LogP contribution in [0, 0.1) is 5.92 Å². The van der Waals surface area contributed by atoms with Crippen LogP contribution in [-0.2, 0) is 20.7 Å². The zero-order valence-electron chi connectivity index (χ0n) is 14.4. The monoisotopic (exact) mass is 345 g/mol. The van der Waals surface area contributed by atoms with E-state index in [1.54, 1.807) is 0 Å². The second kappa shape index (κ2) is 7.68. The van der Waals surface area contributed by atoms with E-state index in [1.807, 2.05) is 18.2 Å². The van der Waals surface area contributed by atoms with Crippen LogP contribution >= 0.6 is 0 Å². The van der Waals surface area contributed by atoms with Crippen LogP contribution < -0.4 is 5.32 Å². The molecule has 1 aromatic rings. The number of Topliss-reactive ketones (excluding diaryl/α,β-unsaturated/α-hetero) is 1. The Morgan fingerprint density at radius 2 is 2.08 bits per heavy atom. The number of hydrogen-bond acceptors (Lipinski definition) is 5. The van der Waals surface area contributed by atoms with Gasteiger partial charge in [-0.05, 0) is 42.9 Å². The molecule has 2 atom stereocenters. The van der Waals surface area contributed by atoms with E-state index >= 15 is 0 Å². The molecule has 0 spiro atoms. The highest BCUT2D eigenvalue weighted by Crippen LogP contribution is 2.31. The maximum Gasteiger partial charge on any atom is 0.407 e. The van der Waals surface area contributed by atoms with Crippen LogP contribution in [0.5, 0.6) is 0 Å². The number of alkyl carbamates (subject to hydrolysis) is 1. The SMILES string of the molecule is COC(=O)C1CC(=O)c2cc([C@@H]3CCCCOC(=O)NC3)ccc2C1. The van der Waals surface area contributed by atoms with E-state index in [4.69, 9.17) is 9.47 Å². The Hall–Kier alpha value is -2.37. The Morgan fingerprint density at radius 1 is 1.24 bits per heavy atom. The lowest BCUT2D eigenvalue weighted by atomic mass is 9.80. The van der Waals surface area contributed by atoms with Crippen molar-refractivity contribution in [1.29, 1.82) is 0 Å². The summed E-state index contributed by atoms with van der Waals surface area (Å²) in [6, 6.07) is 5.87. The molecule has 134 valence electrons. The first-order valence-corrected chi connectivity index (χ1v) is 8.73. The quantitative estimate of drug-likeness (QED) is 0.833. The maximum absolute atomic E-state index is 12.5. The number of rotatable bonds is 2. The molecule has 0 bridgehead atoms. The van der Waals surface area contributed by atoms with Crippen LogP contribution in [0.3, 0.4) is 0 Å². The van der Waals surface area contributed by atoms with Gasteiger partial charge in [-0.1, -0.05) is 12.1 Å². The van der Waals surface area contributed by atoms with Gasteiger partial charge >= 0.3 is 12.1 Å². The summed E-state index contributed by atoms with van der Waals surface area (Å²) in [5.41, 5.74) is 2.64. The van der Waals surface area contributed by atoms with Crippen LogP contribution in [-0.4, -0.2) is 38.1 Å². The largest absolute Gasteiger partial charge is 0.469 e. The summed E-state index contributed by atoms with van der Waals surface area (Å²) in [7, 11) is 1.35. The summed E-state index contributed by atoms with van der Waals surface area (Å²) in [6.07, 6.45) is 3.08. The highest BCUT2D eigenvalue weighted by molar-refractivity contribution is 6.01. The van der Waals surface area contributed by atoms with Gasteiger partial charge in [0.2, 0.25) is 0 Å². The smallest absolute Gasteiger partial charge is 0.407 e. The molecule has 0 saturated carbocycles. The fourth-order valence-electron chi connectivity index (χ4n) is 3.59. The second-order valence-corrected chi connectivity index (χ2v) is 6.68. The van der Waals surface area contributed by atoms with Gasteiger partial charge in [-0.3, -0.25) is 9.59 Å². The van der Waals surface area contributed by atoms with Crippen LogP contribution in [0.1, 0.15) is 53.1 Å². The van der Waals surface area contributed by atoms with E-state index in [1.165, 1.54) is 7.11 Å². The number of esters is 1. The third-order valence-corrected chi connectivity index (χ3v) is 5.01. The number of hydrogen-bond donors (Lipinski definition) is 1. The molecule has 1 aromatic carbocycles. The number of ketones is 1. The van der Waals surface area contributed by atoms with Crippen molar-refractivity contribution in [2.75, 3.05) is 20.3 Å². The molecule has 1 fully saturated rings. The van der Waals surface area contributed by atoms with Crippen molar-refractivity contribution in [1.82, 2.24) is 5.32 Å². The van der Waals surface area contributed by atoms with Crippen molar-refractivity contribution < 1.29 is 23.9 Å². The first-order valence-electron chi connectivity index (χ1n) is 8.73. The van der Waals surface area contributed by atoms with Crippen LogP contribution in [0.25, 0.3) is 0 Å². The van der Waals surface area contributed by atoms with Crippen molar-refractivity contribution in [3.63, 3.8) is 0 Å². The van der Waals surface area contributed by atoms with Gasteiger partial charge in [0.05, 0.1) is 19.6 Å². The average molecular weight is 345 g/mol. The highest BCUT2D eigenvalue weighted by atomic mass is 16.5. The number of nitrogens with one attached hydrogen (secondary N) is 1. The van der Waals surface area contributed by atoms with E-state index in [2.05, 4.69) is 5.32 Å². The van der Waals surface area contributed by atoms with E-state index in [-0.39, 0.29) is 30.2 Å². The minimum Gasteiger partial charge on any atom is -0.469 e. The Bertz CT molecular complexity index is 684. The van der Waals surface area contributed by atoms with Gasteiger partial charge in [0.15, 0.2) is 5.78 Å². The molecular weight excluding hydrogens is 322 g/mol. The molecule has 1 aliphatic heterocycles. The molecule has 0 aromatic heterocycles. The van der Waals surface area contributed by atoms with Crippen molar-refractivity contribution in [3.8, 4) is 0 Å². The zero-order chi connectivity index (χ0) is 17.8. The molecule has 1 aliphatic carbocycles. The Kier molecular flexibility index (Phi) is 5.36. The van der Waals surface area contributed by atoms with Crippen molar-refractivity contribution in [3.05, 3.63) is 34.9 Å². The number of fused-ring (bicyclic) bond motifs is 1. The van der Waals surface area contributed by atoms with E-state index in [0.29, 0.717) is 25.1 Å². The maximum atomic E-state index is 12.5. The van der Waals surface area contributed by atoms with Gasteiger partial charge < -0.3 is 14.8 Å². The van der Waals surface area contributed by atoms with Gasteiger partial charge in [-0.15, -0.1) is 0 Å². The van der Waals surface area contributed by atoms with Crippen molar-refractivity contribution in [2.24, 2.45) is 5.92 Å². The first-order chi connectivity index (χ1) is 12.1. The molecule has 1 N–H and O–H groups in total. The third-order valence-electron chi connectivity index (χ3n) is 5.01. The van der Waals surface area contributed by atoms with Crippen molar-refractivity contribution >= 4 is 17.8 Å². The van der Waals surface area contributed by atoms with E-state index in [9.17, 15) is 14.4 Å². The van der Waals surface area contributed by atoms with Gasteiger partial charge in [-0.25, -0.2) is 4.79 Å². The Labute approximate surface area is 146 Å². The molecular formula is C19H23NO5. The van der Waals surface area contributed by atoms with Crippen LogP contribution in [0.4, 0.5) is 4.79 Å². The predicted octanol–water partition coefficient (Wildman–Crippen LogP) is 2.60. The van der Waals surface area contributed by atoms with E-state index < -0.39 is 5.92 Å². The second-order valence-electron chi connectivity index (χ2n) is 6.68. The lowest BCUT2D eigenvalue weighted by Gasteiger charge is -2.24. The molecule has 25 heavy (non-hydrogen) atoms. The van der Waals surface area contributed by atoms with Gasteiger partial charge in [0.1, 0.15) is 0 Å². The van der Waals surface area contributed by atoms with Gasteiger partial charge in [-0.2, -0.15) is 0 Å². The van der Waals surface area contributed by atoms with Crippen molar-refractivity contribution in [2.45, 2.75) is 38.0 Å². The summed E-state index contributed by atoms with van der Waals surface area (Å²) in [5.74, 6) is -0.588. The summed E-state index contributed by atoms with van der Waals surface area (Å²) in [4.78, 5) is 35.8. The first kappa shape index (κ1) is 17.5. The molecule has 1 heterocycles. The predicted molar refractivity (Wildman–Crippen MR) is 90.5 cm³/mol. The minimum absolute atomic E-state index is 0.0195. The van der Waals surface area contributed by atoms with Gasteiger partial charge in [0.25, 0.3) is 0 Å². The topological polar surface area (TPSA) is 81.7 Å². The zero-order valence-corrected chi connectivity index (χ0v) is 14.4. The normalized spacial score (nSPS) is 24.0. The highest BCUT2D eigenvalue weighted by Gasteiger charge is 2.31. The number of ether oxygens (including phenoxy) is 2. The molecule has 0 radical (unpaired) electrons. The summed E-state index contributed by atoms with van der Waals surface area (Å²) >= 11 is 0. The fraction of sp³-hybridized carbons (Fsp3) is 0.526. The molecule has 1 amide bonds. The minimum atomic E-state index is -0.391. The number of amides is 1. The molecule has 6 heteroatoms. The third kappa shape index (κ3) is 4.00. The average Bonchev–Trinajstić information content (AvgIpc) is 2.73. The Morgan fingerprint density at radius 3 is 2.88 bits per heavy atom. The molecule has 2 aliphatic rings. The van der Waals surface area contributed by atoms with E-state index in [0.717, 1.165) is 30.4 Å². The number of benzene rings is 1. The summed E-state index contributed by atoms with van der Waals surface area (Å²) in [6.45, 7) is 0.937. The van der Waals surface area contributed by atoms with Gasteiger partial charge in [0, 0.05) is 24.4 Å². The molecule has 1 saturated heterocycles.